The summed E-state index contributed by atoms with van der Waals surface area (Å²) >= 11 is 1.76. The highest BCUT2D eigenvalue weighted by Gasteiger charge is 2.38. The van der Waals surface area contributed by atoms with Crippen LogP contribution in [0.3, 0.4) is 0 Å². The predicted octanol–water partition coefficient (Wildman–Crippen LogP) is 3.17. The van der Waals surface area contributed by atoms with Crippen molar-refractivity contribution in [2.75, 3.05) is 19.7 Å². The minimum absolute atomic E-state index is 0.655. The van der Waals surface area contributed by atoms with Gasteiger partial charge in [0.25, 0.3) is 0 Å². The van der Waals surface area contributed by atoms with Gasteiger partial charge >= 0.3 is 12.1 Å². The molecule has 0 fully saturated rings. The van der Waals surface area contributed by atoms with Crippen LogP contribution in [0, 0.1) is 0 Å². The number of carboxylic acids is 1. The van der Waals surface area contributed by atoms with Crippen LogP contribution in [0.5, 0.6) is 5.88 Å². The van der Waals surface area contributed by atoms with Gasteiger partial charge in [0.1, 0.15) is 6.33 Å². The Morgan fingerprint density at radius 1 is 1.33 bits per heavy atom. The lowest BCUT2D eigenvalue weighted by Crippen LogP contribution is -2.25. The molecule has 3 heterocycles. The third-order valence-corrected chi connectivity index (χ3v) is 4.58. The monoisotopic (exact) mass is 403 g/mol. The molecule has 1 aliphatic rings. The number of aliphatic carboxylic acids is 1. The summed E-state index contributed by atoms with van der Waals surface area (Å²) in [6.07, 6.45) is -1.52. The highest BCUT2D eigenvalue weighted by molar-refractivity contribution is 7.07. The summed E-state index contributed by atoms with van der Waals surface area (Å²) in [6, 6.07) is 2.20. The van der Waals surface area contributed by atoms with Crippen molar-refractivity contribution in [3.8, 4) is 5.88 Å². The molecule has 0 atom stereocenters. The Hall–Kier alpha value is -2.20. The van der Waals surface area contributed by atoms with Crippen molar-refractivity contribution in [2.45, 2.75) is 32.5 Å². The molecule has 148 valence electrons. The topological polar surface area (TPSA) is 75.6 Å². The van der Waals surface area contributed by atoms with Crippen LogP contribution in [-0.2, 0) is 24.2 Å². The number of thiophene rings is 1. The highest BCUT2D eigenvalue weighted by atomic mass is 32.1. The number of carboxylic acid groups (broad SMARTS) is 1. The fourth-order valence-electron chi connectivity index (χ4n) is 2.60. The highest BCUT2D eigenvalue weighted by Crippen LogP contribution is 2.23. The van der Waals surface area contributed by atoms with E-state index in [1.165, 1.54) is 11.1 Å². The fraction of sp³-hybridized carbons (Fsp3) is 0.471. The smallest absolute Gasteiger partial charge is 0.478 e. The molecule has 1 N–H and O–H groups in total. The number of hydrogen-bond acceptors (Lipinski definition) is 6. The quantitative estimate of drug-likeness (QED) is 0.845. The van der Waals surface area contributed by atoms with Gasteiger partial charge in [-0.1, -0.05) is 0 Å². The molecule has 0 amide bonds. The van der Waals surface area contributed by atoms with Gasteiger partial charge < -0.3 is 9.84 Å². The summed E-state index contributed by atoms with van der Waals surface area (Å²) in [4.78, 5) is 20.1. The lowest BCUT2D eigenvalue weighted by atomic mass is 10.1. The summed E-state index contributed by atoms with van der Waals surface area (Å²) in [5, 5.41) is 11.5. The van der Waals surface area contributed by atoms with Crippen LogP contribution in [0.1, 0.15) is 23.7 Å². The Morgan fingerprint density at radius 2 is 2.04 bits per heavy atom. The average Bonchev–Trinajstić information content (AvgIpc) is 3.02. The molecular weight excluding hydrogens is 383 g/mol. The van der Waals surface area contributed by atoms with Crippen LogP contribution in [0.2, 0.25) is 0 Å². The molecule has 0 spiro atoms. The number of ether oxygens (including phenoxy) is 1. The second-order valence-electron chi connectivity index (χ2n) is 5.75. The Morgan fingerprint density at radius 3 is 2.63 bits per heavy atom. The van der Waals surface area contributed by atoms with Gasteiger partial charge in [0, 0.05) is 31.6 Å². The van der Waals surface area contributed by atoms with Gasteiger partial charge in [-0.15, -0.1) is 0 Å². The summed E-state index contributed by atoms with van der Waals surface area (Å²) in [7, 11) is 0. The van der Waals surface area contributed by atoms with Crippen LogP contribution in [0.25, 0.3) is 0 Å². The molecule has 0 unspecified atom stereocenters. The van der Waals surface area contributed by atoms with Crippen LogP contribution in [0.15, 0.2) is 23.2 Å². The van der Waals surface area contributed by atoms with Crippen molar-refractivity contribution in [3.63, 3.8) is 0 Å². The minimum atomic E-state index is -5.08. The van der Waals surface area contributed by atoms with E-state index in [1.807, 2.05) is 6.92 Å². The minimum Gasteiger partial charge on any atom is -0.478 e. The van der Waals surface area contributed by atoms with Crippen LogP contribution >= 0.6 is 11.3 Å². The maximum atomic E-state index is 10.6. The van der Waals surface area contributed by atoms with Gasteiger partial charge in [0.15, 0.2) is 0 Å². The van der Waals surface area contributed by atoms with E-state index in [-0.39, 0.29) is 0 Å². The zero-order valence-electron chi connectivity index (χ0n) is 14.7. The number of alkyl halides is 3. The molecule has 10 heteroatoms. The van der Waals surface area contributed by atoms with Gasteiger partial charge in [0.05, 0.1) is 12.3 Å². The second kappa shape index (κ2) is 9.65. The fourth-order valence-corrected chi connectivity index (χ4v) is 3.26. The lowest BCUT2D eigenvalue weighted by molar-refractivity contribution is -0.192. The first-order valence-corrected chi connectivity index (χ1v) is 9.24. The molecule has 2 aromatic heterocycles. The molecule has 0 bridgehead atoms. The van der Waals surface area contributed by atoms with Crippen molar-refractivity contribution in [2.24, 2.45) is 0 Å². The van der Waals surface area contributed by atoms with Crippen molar-refractivity contribution in [3.05, 3.63) is 40.0 Å². The molecule has 0 aliphatic carbocycles. The number of aromatic nitrogens is 2. The van der Waals surface area contributed by atoms with Gasteiger partial charge in [0.2, 0.25) is 5.88 Å². The zero-order valence-corrected chi connectivity index (χ0v) is 15.5. The molecule has 0 saturated carbocycles. The normalized spacial score (nSPS) is 14.5. The summed E-state index contributed by atoms with van der Waals surface area (Å²) in [5.74, 6) is -1.98. The maximum absolute atomic E-state index is 10.6. The van der Waals surface area contributed by atoms with Crippen molar-refractivity contribution in [1.29, 1.82) is 0 Å². The van der Waals surface area contributed by atoms with E-state index < -0.39 is 12.1 Å². The molecule has 1 aliphatic heterocycles. The molecule has 3 rings (SSSR count). The number of hydrogen-bond donors (Lipinski definition) is 1. The summed E-state index contributed by atoms with van der Waals surface area (Å²) in [5.41, 5.74) is 3.75. The third kappa shape index (κ3) is 6.47. The first kappa shape index (κ1) is 21.1. The predicted molar refractivity (Wildman–Crippen MR) is 93.9 cm³/mol. The Bertz CT molecular complexity index is 739. The van der Waals surface area contributed by atoms with Crippen LogP contribution in [0.4, 0.5) is 13.2 Å². The molecular formula is C17H20F3N3O3S. The number of nitrogens with zero attached hydrogens (tertiary/aromatic N) is 3. The molecule has 6 nitrogen and oxygen atoms in total. The Labute approximate surface area is 158 Å². The first-order chi connectivity index (χ1) is 12.8. The van der Waals surface area contributed by atoms with Crippen molar-refractivity contribution in [1.82, 2.24) is 14.9 Å². The Balaban J connectivity index is 0.000000321. The maximum Gasteiger partial charge on any atom is 0.490 e. The van der Waals surface area contributed by atoms with E-state index >= 15 is 0 Å². The van der Waals surface area contributed by atoms with E-state index in [1.54, 1.807) is 17.7 Å². The van der Waals surface area contributed by atoms with E-state index in [4.69, 9.17) is 14.6 Å². The molecule has 0 saturated heterocycles. The van der Waals surface area contributed by atoms with Crippen LogP contribution < -0.4 is 4.74 Å². The molecule has 0 radical (unpaired) electrons. The van der Waals surface area contributed by atoms with E-state index in [9.17, 15) is 13.2 Å². The third-order valence-electron chi connectivity index (χ3n) is 3.85. The summed E-state index contributed by atoms with van der Waals surface area (Å²) < 4.78 is 37.4. The lowest BCUT2D eigenvalue weighted by Gasteiger charge is -2.18. The summed E-state index contributed by atoms with van der Waals surface area (Å²) in [6.45, 7) is 5.76. The number of rotatable bonds is 4. The van der Waals surface area contributed by atoms with E-state index in [0.29, 0.717) is 6.61 Å². The van der Waals surface area contributed by atoms with E-state index in [2.05, 4.69) is 31.7 Å². The van der Waals surface area contributed by atoms with Crippen molar-refractivity contribution < 1.29 is 27.8 Å². The first-order valence-electron chi connectivity index (χ1n) is 8.30. The second-order valence-corrected chi connectivity index (χ2v) is 6.53. The van der Waals surface area contributed by atoms with Gasteiger partial charge in [-0.05, 0) is 35.7 Å². The largest absolute Gasteiger partial charge is 0.490 e. The number of carbonyl (C=O) groups is 1. The average molecular weight is 403 g/mol. The van der Waals surface area contributed by atoms with E-state index in [0.717, 1.165) is 44.0 Å². The van der Waals surface area contributed by atoms with Gasteiger partial charge in [-0.3, -0.25) is 4.90 Å². The van der Waals surface area contributed by atoms with Gasteiger partial charge in [-0.2, -0.15) is 24.5 Å². The van der Waals surface area contributed by atoms with Crippen LogP contribution in [-0.4, -0.2) is 51.8 Å². The Kier molecular flexibility index (Phi) is 7.55. The standard InChI is InChI=1S/C15H19N3OS.C2HF3O2/c1-2-19-15-13-3-6-18(9-12-5-8-20-10-12)7-4-14(13)16-11-17-15;3-2(4,5)1(6)7/h5,8,10-11H,2-4,6-7,9H2,1H3;(H,6,7). The molecule has 2 aromatic rings. The number of fused-ring (bicyclic) bond motifs is 1. The van der Waals surface area contributed by atoms with Gasteiger partial charge in [-0.25, -0.2) is 14.8 Å². The van der Waals surface area contributed by atoms with Crippen molar-refractivity contribution >= 4 is 17.3 Å². The molecule has 0 aromatic carbocycles. The molecule has 27 heavy (non-hydrogen) atoms. The number of halogens is 3. The zero-order chi connectivity index (χ0) is 19.9. The SMILES string of the molecule is CCOc1ncnc2c1CCN(Cc1ccsc1)CC2.O=C(O)C(F)(F)F.